The first-order valence-electron chi connectivity index (χ1n) is 16.2. The average molecular weight is 611 g/mol. The number of benzene rings is 2. The summed E-state index contributed by atoms with van der Waals surface area (Å²) in [5.41, 5.74) is 7.68. The number of H-pyrrole nitrogens is 1. The standard InChI is InChI=1S/C37H43N3O5/c1-7-39-22-30(36(42)44-8-2)33(38-39)26-18-25-19-27(43-6)15-17-28(25)34-32(23-12-10-9-11-13-23)29-16-14-24(20-31(29)40(34)21-26)35(41)45-37(3,4)5/h14-20,22-23H,7-13,21H2,1-6H3/p+1. The number of esters is 2. The highest BCUT2D eigenvalue weighted by Gasteiger charge is 2.32. The molecule has 1 aliphatic carbocycles. The number of fused-ring (bicyclic) bond motifs is 5. The Kier molecular flexibility index (Phi) is 8.33. The summed E-state index contributed by atoms with van der Waals surface area (Å²) in [5.74, 6) is 0.469. The van der Waals surface area contributed by atoms with Crippen LogP contribution in [0.2, 0.25) is 0 Å². The number of aryl methyl sites for hydroxylation is 1. The summed E-state index contributed by atoms with van der Waals surface area (Å²) in [4.78, 5) is 26.5. The zero-order valence-electron chi connectivity index (χ0n) is 27.3. The number of hydrogen-bond donors (Lipinski definition) is 1. The Bertz CT molecular complexity index is 1800. The Balaban J connectivity index is 1.63. The lowest BCUT2D eigenvalue weighted by Gasteiger charge is -2.24. The van der Waals surface area contributed by atoms with Crippen molar-refractivity contribution >= 4 is 34.5 Å². The molecule has 4 aromatic rings. The van der Waals surface area contributed by atoms with E-state index in [1.54, 1.807) is 7.11 Å². The minimum absolute atomic E-state index is 0.291. The molecule has 0 amide bonds. The molecule has 1 fully saturated rings. The van der Waals surface area contributed by atoms with Crippen LogP contribution in [0.1, 0.15) is 110 Å². The molecule has 2 aromatic heterocycles. The normalized spacial score (nSPS) is 15.2. The molecule has 8 nitrogen and oxygen atoms in total. The van der Waals surface area contributed by atoms with Crippen LogP contribution in [0.5, 0.6) is 5.75 Å². The topological polar surface area (TPSA) is 86.4 Å². The SMILES string of the molecule is CCOC(=O)c1c[n+](CC)[nH]c1C1=Cc2cc(OC)ccc2-c2c(C3CCCCC3)c3ccc(C(=O)OC(C)(C)C)cc3n2C1. The van der Waals surface area contributed by atoms with Crippen LogP contribution in [0.4, 0.5) is 0 Å². The fourth-order valence-corrected chi connectivity index (χ4v) is 6.89. The highest BCUT2D eigenvalue weighted by Crippen LogP contribution is 2.48. The maximum Gasteiger partial charge on any atom is 0.346 e. The van der Waals surface area contributed by atoms with Gasteiger partial charge in [0.15, 0.2) is 12.1 Å². The van der Waals surface area contributed by atoms with Crippen molar-refractivity contribution in [3.05, 3.63) is 70.5 Å². The molecule has 0 radical (unpaired) electrons. The zero-order chi connectivity index (χ0) is 31.9. The predicted molar refractivity (Wildman–Crippen MR) is 175 cm³/mol. The number of ether oxygens (including phenoxy) is 3. The number of carbonyl (C=O) groups is 2. The van der Waals surface area contributed by atoms with Gasteiger partial charge >= 0.3 is 11.9 Å². The van der Waals surface area contributed by atoms with Gasteiger partial charge in [-0.05, 0) is 101 Å². The van der Waals surface area contributed by atoms with Crippen LogP contribution < -0.4 is 9.42 Å². The number of allylic oxidation sites excluding steroid dienone is 1. The van der Waals surface area contributed by atoms with Gasteiger partial charge in [-0.25, -0.2) is 9.59 Å². The van der Waals surface area contributed by atoms with E-state index in [9.17, 15) is 9.59 Å². The third kappa shape index (κ3) is 5.90. The molecule has 45 heavy (non-hydrogen) atoms. The summed E-state index contributed by atoms with van der Waals surface area (Å²) in [7, 11) is 1.68. The molecule has 1 N–H and O–H groups in total. The molecule has 0 bridgehead atoms. The van der Waals surface area contributed by atoms with Gasteiger partial charge in [0.2, 0.25) is 6.20 Å². The van der Waals surface area contributed by atoms with Crippen molar-refractivity contribution in [1.29, 1.82) is 0 Å². The number of hydrogen-bond acceptors (Lipinski definition) is 5. The van der Waals surface area contributed by atoms with Crippen LogP contribution in [0.15, 0.2) is 42.6 Å². The highest BCUT2D eigenvalue weighted by molar-refractivity contribution is 6.03. The summed E-state index contributed by atoms with van der Waals surface area (Å²) in [6.07, 6.45) is 9.91. The summed E-state index contributed by atoms with van der Waals surface area (Å²) < 4.78 is 21.2. The van der Waals surface area contributed by atoms with Crippen LogP contribution in [-0.2, 0) is 22.6 Å². The molecular formula is C37H44N3O5+. The third-order valence-corrected chi connectivity index (χ3v) is 8.89. The number of aromatic nitrogens is 3. The maximum atomic E-state index is 13.3. The van der Waals surface area contributed by atoms with Crippen LogP contribution in [-0.4, -0.2) is 40.9 Å². The molecule has 2 aromatic carbocycles. The molecule has 0 unspecified atom stereocenters. The van der Waals surface area contributed by atoms with E-state index in [1.165, 1.54) is 24.8 Å². The van der Waals surface area contributed by atoms with E-state index in [2.05, 4.69) is 33.9 Å². The van der Waals surface area contributed by atoms with Crippen molar-refractivity contribution in [1.82, 2.24) is 9.67 Å². The van der Waals surface area contributed by atoms with Crippen LogP contribution >= 0.6 is 0 Å². The molecule has 1 saturated carbocycles. The smallest absolute Gasteiger partial charge is 0.346 e. The monoisotopic (exact) mass is 610 g/mol. The first kappa shape index (κ1) is 30.7. The van der Waals surface area contributed by atoms with Gasteiger partial charge in [-0.1, -0.05) is 25.3 Å². The summed E-state index contributed by atoms with van der Waals surface area (Å²) in [6.45, 7) is 11.0. The van der Waals surface area contributed by atoms with Crippen molar-refractivity contribution < 1.29 is 28.5 Å². The molecular weight excluding hydrogens is 566 g/mol. The minimum Gasteiger partial charge on any atom is -0.497 e. The predicted octanol–water partition coefficient (Wildman–Crippen LogP) is 7.69. The number of nitrogens with one attached hydrogen (secondary N) is 1. The lowest BCUT2D eigenvalue weighted by Crippen LogP contribution is -2.33. The van der Waals surface area contributed by atoms with E-state index < -0.39 is 5.60 Å². The molecule has 0 atom stereocenters. The second kappa shape index (κ2) is 12.2. The van der Waals surface area contributed by atoms with Crippen molar-refractivity contribution in [2.45, 2.75) is 91.3 Å². The van der Waals surface area contributed by atoms with Gasteiger partial charge in [-0.3, -0.25) is 0 Å². The molecule has 8 heteroatoms. The van der Waals surface area contributed by atoms with Crippen LogP contribution in [0.3, 0.4) is 0 Å². The minimum atomic E-state index is -0.602. The largest absolute Gasteiger partial charge is 0.497 e. The first-order chi connectivity index (χ1) is 21.6. The second-order valence-electron chi connectivity index (χ2n) is 13.1. The second-order valence-corrected chi connectivity index (χ2v) is 13.1. The Morgan fingerprint density at radius 1 is 1.02 bits per heavy atom. The fraction of sp³-hybridized carbons (Fsp3) is 0.432. The summed E-state index contributed by atoms with van der Waals surface area (Å²) in [5, 5.41) is 4.62. The van der Waals surface area contributed by atoms with E-state index in [0.29, 0.717) is 36.7 Å². The van der Waals surface area contributed by atoms with Crippen molar-refractivity contribution in [3.63, 3.8) is 0 Å². The van der Waals surface area contributed by atoms with Gasteiger partial charge in [0.05, 0.1) is 31.5 Å². The van der Waals surface area contributed by atoms with Gasteiger partial charge in [-0.2, -0.15) is 5.10 Å². The number of methoxy groups -OCH3 is 1. The highest BCUT2D eigenvalue weighted by atomic mass is 16.6. The Hall–Kier alpha value is -4.33. The van der Waals surface area contributed by atoms with Gasteiger partial charge in [0.1, 0.15) is 17.0 Å². The van der Waals surface area contributed by atoms with Crippen molar-refractivity contribution in [2.75, 3.05) is 13.7 Å². The zero-order valence-corrected chi connectivity index (χ0v) is 27.3. The Labute approximate surface area is 265 Å². The van der Waals surface area contributed by atoms with Crippen molar-refractivity contribution in [2.24, 2.45) is 0 Å². The van der Waals surface area contributed by atoms with Crippen LogP contribution in [0, 0.1) is 0 Å². The number of carbonyl (C=O) groups excluding carboxylic acids is 2. The quantitative estimate of drug-likeness (QED) is 0.171. The van der Waals surface area contributed by atoms with Gasteiger partial charge in [0.25, 0.3) is 0 Å². The number of rotatable bonds is 7. The lowest BCUT2D eigenvalue weighted by atomic mass is 9.81. The molecule has 1 aliphatic heterocycles. The Morgan fingerprint density at radius 3 is 2.49 bits per heavy atom. The molecule has 3 heterocycles. The van der Waals surface area contributed by atoms with E-state index in [1.807, 2.05) is 63.7 Å². The van der Waals surface area contributed by atoms with Gasteiger partial charge < -0.3 is 18.8 Å². The summed E-state index contributed by atoms with van der Waals surface area (Å²) >= 11 is 0. The van der Waals surface area contributed by atoms with Gasteiger partial charge in [0, 0.05) is 22.0 Å². The van der Waals surface area contributed by atoms with E-state index in [-0.39, 0.29) is 11.9 Å². The van der Waals surface area contributed by atoms with E-state index >= 15 is 0 Å². The number of aromatic amines is 1. The molecule has 2 aliphatic rings. The molecule has 0 spiro atoms. The van der Waals surface area contributed by atoms with E-state index in [4.69, 9.17) is 14.2 Å². The van der Waals surface area contributed by atoms with Crippen molar-refractivity contribution in [3.8, 4) is 17.0 Å². The Morgan fingerprint density at radius 2 is 1.80 bits per heavy atom. The van der Waals surface area contributed by atoms with Gasteiger partial charge in [-0.15, -0.1) is 4.68 Å². The fourth-order valence-electron chi connectivity index (χ4n) is 6.89. The molecule has 0 saturated heterocycles. The molecule has 6 rings (SSSR count). The third-order valence-electron chi connectivity index (χ3n) is 8.89. The average Bonchev–Trinajstić information content (AvgIpc) is 3.55. The molecule has 236 valence electrons. The maximum absolute atomic E-state index is 13.3. The van der Waals surface area contributed by atoms with E-state index in [0.717, 1.165) is 57.6 Å². The lowest BCUT2D eigenvalue weighted by molar-refractivity contribution is -0.747. The summed E-state index contributed by atoms with van der Waals surface area (Å²) in [6, 6.07) is 12.2. The first-order valence-corrected chi connectivity index (χ1v) is 16.2. The number of nitrogens with zero attached hydrogens (tertiary/aromatic N) is 2. The van der Waals surface area contributed by atoms with Crippen LogP contribution in [0.25, 0.3) is 33.8 Å².